The highest BCUT2D eigenvalue weighted by Crippen LogP contribution is 2.11. The van der Waals surface area contributed by atoms with Gasteiger partial charge in [-0.2, -0.15) is 0 Å². The molecule has 1 fully saturated rings. The number of rotatable bonds is 5. The van der Waals surface area contributed by atoms with Crippen LogP contribution < -0.4 is 5.73 Å². The van der Waals surface area contributed by atoms with Crippen LogP contribution in [0.25, 0.3) is 0 Å². The molecule has 17 heavy (non-hydrogen) atoms. The van der Waals surface area contributed by atoms with Crippen molar-refractivity contribution >= 4 is 5.91 Å². The second-order valence-corrected chi connectivity index (χ2v) is 5.28. The van der Waals surface area contributed by atoms with Crippen LogP contribution in [0.1, 0.15) is 27.2 Å². The van der Waals surface area contributed by atoms with Crippen molar-refractivity contribution in [1.82, 2.24) is 9.80 Å². The normalized spacial score (nSPS) is 21.3. The molecule has 4 nitrogen and oxygen atoms in total. The summed E-state index contributed by atoms with van der Waals surface area (Å²) in [5.74, 6) is 1.04. The molecule has 1 amide bonds. The van der Waals surface area contributed by atoms with Gasteiger partial charge in [0.15, 0.2) is 0 Å². The highest BCUT2D eigenvalue weighted by Gasteiger charge is 2.24. The molecule has 100 valence electrons. The van der Waals surface area contributed by atoms with Gasteiger partial charge in [-0.15, -0.1) is 0 Å². The first-order valence-corrected chi connectivity index (χ1v) is 6.79. The van der Waals surface area contributed by atoms with Gasteiger partial charge in [0.05, 0.1) is 0 Å². The van der Waals surface area contributed by atoms with Crippen molar-refractivity contribution in [3.05, 3.63) is 0 Å². The Labute approximate surface area is 105 Å². The monoisotopic (exact) mass is 241 g/mol. The van der Waals surface area contributed by atoms with Crippen molar-refractivity contribution in [2.24, 2.45) is 17.6 Å². The van der Waals surface area contributed by atoms with Gasteiger partial charge >= 0.3 is 0 Å². The summed E-state index contributed by atoms with van der Waals surface area (Å²) in [4.78, 5) is 16.4. The van der Waals surface area contributed by atoms with Gasteiger partial charge in [0.1, 0.15) is 0 Å². The fourth-order valence-corrected chi connectivity index (χ4v) is 2.15. The van der Waals surface area contributed by atoms with E-state index in [0.29, 0.717) is 11.8 Å². The van der Waals surface area contributed by atoms with Gasteiger partial charge in [0.25, 0.3) is 0 Å². The average Bonchev–Trinajstić information content (AvgIpc) is 2.37. The molecule has 0 spiro atoms. The third-order valence-corrected chi connectivity index (χ3v) is 3.69. The molecule has 0 aromatic rings. The predicted molar refractivity (Wildman–Crippen MR) is 70.7 cm³/mol. The van der Waals surface area contributed by atoms with E-state index in [0.717, 1.165) is 45.7 Å². The van der Waals surface area contributed by atoms with Crippen LogP contribution in [0, 0.1) is 11.8 Å². The van der Waals surface area contributed by atoms with Gasteiger partial charge in [0.2, 0.25) is 5.91 Å². The van der Waals surface area contributed by atoms with E-state index in [9.17, 15) is 4.79 Å². The van der Waals surface area contributed by atoms with E-state index in [1.54, 1.807) is 0 Å². The molecule has 0 aromatic carbocycles. The lowest BCUT2D eigenvalue weighted by Gasteiger charge is -2.36. The lowest BCUT2D eigenvalue weighted by Crippen LogP contribution is -2.51. The van der Waals surface area contributed by atoms with Crippen molar-refractivity contribution < 1.29 is 4.79 Å². The lowest BCUT2D eigenvalue weighted by atomic mass is 10.1. The number of piperazine rings is 1. The molecule has 1 saturated heterocycles. The minimum atomic E-state index is 0.171. The Morgan fingerprint density at radius 3 is 2.29 bits per heavy atom. The molecule has 0 aliphatic carbocycles. The summed E-state index contributed by atoms with van der Waals surface area (Å²) in [5, 5.41) is 0. The van der Waals surface area contributed by atoms with Gasteiger partial charge in [0, 0.05) is 38.6 Å². The van der Waals surface area contributed by atoms with Crippen LogP contribution in [0.15, 0.2) is 0 Å². The van der Waals surface area contributed by atoms with E-state index in [1.165, 1.54) is 0 Å². The number of hydrogen-bond donors (Lipinski definition) is 1. The molecule has 1 rings (SSSR count). The molecule has 0 saturated carbocycles. The summed E-state index contributed by atoms with van der Waals surface area (Å²) < 4.78 is 0. The van der Waals surface area contributed by atoms with E-state index in [1.807, 2.05) is 11.8 Å². The Bertz CT molecular complexity index is 237. The molecular weight excluding hydrogens is 214 g/mol. The summed E-state index contributed by atoms with van der Waals surface area (Å²) in [6, 6.07) is 0. The highest BCUT2D eigenvalue weighted by atomic mass is 16.2. The van der Waals surface area contributed by atoms with E-state index >= 15 is 0 Å². The molecule has 4 heteroatoms. The maximum atomic E-state index is 12.0. The van der Waals surface area contributed by atoms with Crippen molar-refractivity contribution in [2.75, 3.05) is 39.3 Å². The van der Waals surface area contributed by atoms with E-state index in [-0.39, 0.29) is 5.92 Å². The van der Waals surface area contributed by atoms with Gasteiger partial charge in [-0.05, 0) is 18.9 Å². The first-order valence-electron chi connectivity index (χ1n) is 6.79. The Balaban J connectivity index is 2.33. The molecule has 0 bridgehead atoms. The second-order valence-electron chi connectivity index (χ2n) is 5.28. The molecule has 2 atom stereocenters. The SMILES string of the molecule is CCC(C)C(=O)N1CCN(CC(C)CN)CC1. The number of carbonyl (C=O) groups is 1. The van der Waals surface area contributed by atoms with Crippen molar-refractivity contribution in [3.63, 3.8) is 0 Å². The third-order valence-electron chi connectivity index (χ3n) is 3.69. The number of carbonyl (C=O) groups excluding carboxylic acids is 1. The van der Waals surface area contributed by atoms with Crippen molar-refractivity contribution in [1.29, 1.82) is 0 Å². The minimum absolute atomic E-state index is 0.171. The number of nitrogens with zero attached hydrogens (tertiary/aromatic N) is 2. The molecular formula is C13H27N3O. The number of nitrogens with two attached hydrogens (primary N) is 1. The zero-order valence-electron chi connectivity index (χ0n) is 11.5. The summed E-state index contributed by atoms with van der Waals surface area (Å²) in [6.45, 7) is 11.8. The average molecular weight is 241 g/mol. The molecule has 0 aromatic heterocycles. The van der Waals surface area contributed by atoms with Crippen LogP contribution in [-0.2, 0) is 4.79 Å². The van der Waals surface area contributed by atoms with E-state index < -0.39 is 0 Å². The zero-order chi connectivity index (χ0) is 12.8. The van der Waals surface area contributed by atoms with Crippen LogP contribution in [0.3, 0.4) is 0 Å². The molecule has 1 heterocycles. The Kier molecular flexibility index (Phi) is 5.92. The van der Waals surface area contributed by atoms with Crippen molar-refractivity contribution in [3.8, 4) is 0 Å². The smallest absolute Gasteiger partial charge is 0.225 e. The van der Waals surface area contributed by atoms with Gasteiger partial charge in [-0.1, -0.05) is 20.8 Å². The van der Waals surface area contributed by atoms with Gasteiger partial charge in [-0.25, -0.2) is 0 Å². The zero-order valence-corrected chi connectivity index (χ0v) is 11.5. The van der Waals surface area contributed by atoms with Crippen LogP contribution in [0.2, 0.25) is 0 Å². The predicted octanol–water partition coefficient (Wildman–Crippen LogP) is 0.772. The Hall–Kier alpha value is -0.610. The quantitative estimate of drug-likeness (QED) is 0.773. The highest BCUT2D eigenvalue weighted by molar-refractivity contribution is 5.78. The maximum Gasteiger partial charge on any atom is 0.225 e. The van der Waals surface area contributed by atoms with Crippen LogP contribution in [-0.4, -0.2) is 55.0 Å². The fourth-order valence-electron chi connectivity index (χ4n) is 2.15. The minimum Gasteiger partial charge on any atom is -0.340 e. The van der Waals surface area contributed by atoms with Gasteiger partial charge in [-0.3, -0.25) is 9.69 Å². The molecule has 1 aliphatic rings. The summed E-state index contributed by atoms with van der Waals surface area (Å²) in [5.41, 5.74) is 5.63. The fraction of sp³-hybridized carbons (Fsp3) is 0.923. The Morgan fingerprint density at radius 2 is 1.82 bits per heavy atom. The molecule has 2 N–H and O–H groups in total. The molecule has 1 aliphatic heterocycles. The second kappa shape index (κ2) is 6.97. The first kappa shape index (κ1) is 14.5. The summed E-state index contributed by atoms with van der Waals surface area (Å²) in [7, 11) is 0. The lowest BCUT2D eigenvalue weighted by molar-refractivity contribution is -0.136. The topological polar surface area (TPSA) is 49.6 Å². The van der Waals surface area contributed by atoms with E-state index in [2.05, 4.69) is 18.7 Å². The number of hydrogen-bond acceptors (Lipinski definition) is 3. The van der Waals surface area contributed by atoms with Crippen LogP contribution in [0.5, 0.6) is 0 Å². The number of amides is 1. The van der Waals surface area contributed by atoms with Crippen LogP contribution in [0.4, 0.5) is 0 Å². The van der Waals surface area contributed by atoms with Crippen LogP contribution >= 0.6 is 0 Å². The van der Waals surface area contributed by atoms with E-state index in [4.69, 9.17) is 5.73 Å². The Morgan fingerprint density at radius 1 is 1.24 bits per heavy atom. The van der Waals surface area contributed by atoms with Gasteiger partial charge < -0.3 is 10.6 Å². The summed E-state index contributed by atoms with van der Waals surface area (Å²) >= 11 is 0. The maximum absolute atomic E-state index is 12.0. The summed E-state index contributed by atoms with van der Waals surface area (Å²) in [6.07, 6.45) is 0.934. The first-order chi connectivity index (χ1) is 8.08. The molecule has 2 unspecified atom stereocenters. The largest absolute Gasteiger partial charge is 0.340 e. The third kappa shape index (κ3) is 4.28. The standard InChI is InChI=1S/C13H27N3O/c1-4-12(3)13(17)16-7-5-15(6-8-16)10-11(2)9-14/h11-12H,4-10,14H2,1-3H3. The molecule has 0 radical (unpaired) electrons. The van der Waals surface area contributed by atoms with Crippen molar-refractivity contribution in [2.45, 2.75) is 27.2 Å².